The van der Waals surface area contributed by atoms with E-state index >= 15 is 0 Å². The first-order chi connectivity index (χ1) is 9.63. The van der Waals surface area contributed by atoms with Crippen LogP contribution in [0.15, 0.2) is 18.2 Å². The van der Waals surface area contributed by atoms with Gasteiger partial charge < -0.3 is 11.1 Å². The normalized spacial score (nSPS) is 13.2. The maximum Gasteiger partial charge on any atom is 0.225 e. The van der Waals surface area contributed by atoms with Gasteiger partial charge in [-0.25, -0.2) is 8.42 Å². The Morgan fingerprint density at radius 1 is 1.33 bits per heavy atom. The molecule has 118 valence electrons. The fraction of sp³-hybridized carbons (Fsp3) is 0.500. The number of carbonyl (C=O) groups is 1. The van der Waals surface area contributed by atoms with Crippen LogP contribution in [-0.2, 0) is 14.6 Å². The minimum atomic E-state index is -3.28. The van der Waals surface area contributed by atoms with Crippen molar-refractivity contribution in [1.29, 1.82) is 0 Å². The van der Waals surface area contributed by atoms with Gasteiger partial charge in [-0.2, -0.15) is 0 Å². The van der Waals surface area contributed by atoms with Crippen molar-refractivity contribution in [3.05, 3.63) is 23.2 Å². The molecule has 0 saturated carbocycles. The average Bonchev–Trinajstić information content (AvgIpc) is 2.39. The lowest BCUT2D eigenvalue weighted by Gasteiger charge is -2.16. The Labute approximate surface area is 130 Å². The molecule has 0 fully saturated rings. The maximum atomic E-state index is 12.0. The number of benzene rings is 1. The maximum absolute atomic E-state index is 12.0. The smallest absolute Gasteiger partial charge is 0.225 e. The second kappa shape index (κ2) is 7.13. The van der Waals surface area contributed by atoms with Crippen molar-refractivity contribution in [3.8, 4) is 0 Å². The molecule has 0 radical (unpaired) electrons. The predicted octanol–water partition coefficient (Wildman–Crippen LogP) is 2.71. The highest BCUT2D eigenvalue weighted by Gasteiger charge is 2.24. The summed E-state index contributed by atoms with van der Waals surface area (Å²) < 4.78 is 24.0. The van der Waals surface area contributed by atoms with Gasteiger partial charge in [-0.05, 0) is 31.0 Å². The van der Waals surface area contributed by atoms with Crippen LogP contribution >= 0.6 is 11.6 Å². The van der Waals surface area contributed by atoms with Crippen molar-refractivity contribution < 1.29 is 13.2 Å². The summed E-state index contributed by atoms with van der Waals surface area (Å²) in [6.45, 7) is 5.35. The van der Waals surface area contributed by atoms with Crippen molar-refractivity contribution in [2.75, 3.05) is 16.8 Å². The highest BCUT2D eigenvalue weighted by atomic mass is 35.5. The number of carbonyl (C=O) groups excluding carboxylic acids is 1. The predicted molar refractivity (Wildman–Crippen MR) is 87.2 cm³/mol. The van der Waals surface area contributed by atoms with E-state index in [0.29, 0.717) is 16.4 Å². The van der Waals surface area contributed by atoms with Crippen molar-refractivity contribution in [2.24, 2.45) is 5.92 Å². The Hall–Kier alpha value is -1.27. The molecule has 1 aromatic carbocycles. The first-order valence-electron chi connectivity index (χ1n) is 6.70. The molecule has 21 heavy (non-hydrogen) atoms. The van der Waals surface area contributed by atoms with E-state index in [9.17, 15) is 13.2 Å². The number of nitrogens with one attached hydrogen (secondary N) is 1. The molecule has 1 unspecified atom stereocenters. The summed E-state index contributed by atoms with van der Waals surface area (Å²) in [4.78, 5) is 11.8. The molecular weight excluding hydrogens is 312 g/mol. The second-order valence-corrected chi connectivity index (χ2v) is 8.26. The summed E-state index contributed by atoms with van der Waals surface area (Å²) in [5, 5.41) is 2.60. The quantitative estimate of drug-likeness (QED) is 0.784. The Morgan fingerprint density at radius 2 is 1.95 bits per heavy atom. The molecule has 0 aromatic heterocycles. The monoisotopic (exact) mass is 332 g/mol. The van der Waals surface area contributed by atoms with E-state index in [1.54, 1.807) is 19.1 Å². The van der Waals surface area contributed by atoms with E-state index in [1.165, 1.54) is 6.07 Å². The lowest BCUT2D eigenvalue weighted by Crippen LogP contribution is -2.28. The zero-order valence-corrected chi connectivity index (χ0v) is 14.0. The van der Waals surface area contributed by atoms with Crippen LogP contribution in [-0.4, -0.2) is 25.3 Å². The molecule has 0 aliphatic carbocycles. The van der Waals surface area contributed by atoms with Crippen LogP contribution < -0.4 is 11.1 Å². The molecule has 7 heteroatoms. The molecule has 1 aromatic rings. The van der Waals surface area contributed by atoms with Crippen LogP contribution in [0.4, 0.5) is 11.4 Å². The summed E-state index contributed by atoms with van der Waals surface area (Å²) in [5.74, 6) is -0.542. The molecule has 0 aliphatic heterocycles. The van der Waals surface area contributed by atoms with Gasteiger partial charge >= 0.3 is 0 Å². The Morgan fingerprint density at radius 3 is 2.48 bits per heavy atom. The zero-order valence-electron chi connectivity index (χ0n) is 12.4. The summed E-state index contributed by atoms with van der Waals surface area (Å²) in [6.07, 6.45) is -0.0958. The molecule has 0 aliphatic rings. The van der Waals surface area contributed by atoms with Crippen LogP contribution in [0.3, 0.4) is 0 Å². The molecule has 0 heterocycles. The first-order valence-corrected chi connectivity index (χ1v) is 8.79. The van der Waals surface area contributed by atoms with Gasteiger partial charge in [0.2, 0.25) is 5.91 Å². The third kappa shape index (κ3) is 5.21. The molecule has 5 nitrogen and oxygen atoms in total. The van der Waals surface area contributed by atoms with Crippen LogP contribution in [0.1, 0.15) is 27.2 Å². The Balaban J connectivity index is 2.63. The zero-order chi connectivity index (χ0) is 16.2. The number of hydrogen-bond donors (Lipinski definition) is 2. The Kier molecular flexibility index (Phi) is 6.04. The fourth-order valence-corrected chi connectivity index (χ4v) is 3.55. The van der Waals surface area contributed by atoms with Crippen molar-refractivity contribution in [2.45, 2.75) is 32.4 Å². The minimum Gasteiger partial charge on any atom is -0.397 e. The van der Waals surface area contributed by atoms with Gasteiger partial charge in [0.15, 0.2) is 9.84 Å². The van der Waals surface area contributed by atoms with E-state index in [4.69, 9.17) is 17.3 Å². The van der Waals surface area contributed by atoms with E-state index in [0.717, 1.165) is 0 Å². The molecule has 3 N–H and O–H groups in total. The van der Waals surface area contributed by atoms with Gasteiger partial charge in [-0.3, -0.25) is 4.79 Å². The molecule has 0 bridgehead atoms. The number of amides is 1. The number of nitrogens with two attached hydrogens (primary N) is 1. The van der Waals surface area contributed by atoms with Crippen molar-refractivity contribution in [1.82, 2.24) is 0 Å². The van der Waals surface area contributed by atoms with Gasteiger partial charge in [-0.15, -0.1) is 0 Å². The highest BCUT2D eigenvalue weighted by Crippen LogP contribution is 2.23. The van der Waals surface area contributed by atoms with Crippen LogP contribution in [0.2, 0.25) is 5.02 Å². The number of nitrogen functional groups attached to an aromatic ring is 1. The lowest BCUT2D eigenvalue weighted by molar-refractivity contribution is -0.115. The standard InChI is InChI=1S/C14H21ClN2O3S/c1-9(2)10(3)21(19,20)7-6-14(18)17-13-5-4-11(15)8-12(13)16/h4-5,8-10H,6-7,16H2,1-3H3,(H,17,18). The average molecular weight is 333 g/mol. The van der Waals surface area contributed by atoms with Gasteiger partial charge in [-0.1, -0.05) is 25.4 Å². The summed E-state index contributed by atoms with van der Waals surface area (Å²) in [7, 11) is -3.28. The van der Waals surface area contributed by atoms with Crippen LogP contribution in [0.5, 0.6) is 0 Å². The summed E-state index contributed by atoms with van der Waals surface area (Å²) in [5.41, 5.74) is 6.49. The third-order valence-electron chi connectivity index (χ3n) is 3.41. The molecule has 1 amide bonds. The number of hydrogen-bond acceptors (Lipinski definition) is 4. The second-order valence-electron chi connectivity index (χ2n) is 5.35. The Bertz CT molecular complexity index is 615. The van der Waals surface area contributed by atoms with Gasteiger partial charge in [0.25, 0.3) is 0 Å². The van der Waals surface area contributed by atoms with E-state index in [-0.39, 0.29) is 24.0 Å². The largest absolute Gasteiger partial charge is 0.397 e. The van der Waals surface area contributed by atoms with Gasteiger partial charge in [0, 0.05) is 11.4 Å². The molecule has 0 saturated heterocycles. The number of halogens is 1. The summed E-state index contributed by atoms with van der Waals surface area (Å²) in [6, 6.07) is 4.71. The topological polar surface area (TPSA) is 89.3 Å². The molecular formula is C14H21ClN2O3S. The van der Waals surface area contributed by atoms with Gasteiger partial charge in [0.1, 0.15) is 0 Å². The van der Waals surface area contributed by atoms with Crippen LogP contribution in [0.25, 0.3) is 0 Å². The van der Waals surface area contributed by atoms with Gasteiger partial charge in [0.05, 0.1) is 22.4 Å². The van der Waals surface area contributed by atoms with E-state index in [2.05, 4.69) is 5.32 Å². The molecule has 0 spiro atoms. The SMILES string of the molecule is CC(C)C(C)S(=O)(=O)CCC(=O)Nc1ccc(Cl)cc1N. The van der Waals surface area contributed by atoms with E-state index < -0.39 is 15.1 Å². The van der Waals surface area contributed by atoms with Crippen molar-refractivity contribution >= 4 is 38.7 Å². The number of anilines is 2. The fourth-order valence-electron chi connectivity index (χ4n) is 1.70. The molecule has 1 rings (SSSR count). The van der Waals surface area contributed by atoms with Crippen molar-refractivity contribution in [3.63, 3.8) is 0 Å². The lowest BCUT2D eigenvalue weighted by atomic mass is 10.2. The highest BCUT2D eigenvalue weighted by molar-refractivity contribution is 7.92. The minimum absolute atomic E-state index is 0.0185. The number of rotatable bonds is 6. The van der Waals surface area contributed by atoms with Crippen LogP contribution in [0, 0.1) is 5.92 Å². The summed E-state index contributed by atoms with van der Waals surface area (Å²) >= 11 is 5.77. The molecule has 1 atom stereocenters. The third-order valence-corrected chi connectivity index (χ3v) is 6.09. The van der Waals surface area contributed by atoms with E-state index in [1.807, 2.05) is 13.8 Å². The first kappa shape index (κ1) is 17.8. The number of sulfone groups is 1.